The number of benzene rings is 1. The first-order valence-corrected chi connectivity index (χ1v) is 13.6. The molecule has 1 aromatic heterocycles. The Morgan fingerprint density at radius 1 is 1.03 bits per heavy atom. The molecule has 2 aliphatic carbocycles. The Balaban J connectivity index is 1.53. The molecule has 3 aliphatic rings. The van der Waals surface area contributed by atoms with Gasteiger partial charge in [0.15, 0.2) is 0 Å². The Bertz CT molecular complexity index is 1110. The van der Waals surface area contributed by atoms with E-state index in [-0.39, 0.29) is 24.1 Å². The number of aryl methyl sites for hydroxylation is 1. The second kappa shape index (κ2) is 10.4. The molecule has 0 bridgehead atoms. The lowest BCUT2D eigenvalue weighted by molar-refractivity contribution is -0.143. The van der Waals surface area contributed by atoms with E-state index in [0.717, 1.165) is 85.9 Å². The zero-order chi connectivity index (χ0) is 25.4. The fraction of sp³-hybridized carbons (Fsp3) is 0.679. The van der Waals surface area contributed by atoms with Crippen LogP contribution in [-0.4, -0.2) is 53.1 Å². The second-order valence-electron chi connectivity index (χ2n) is 11.0. The molecule has 2 aromatic rings. The number of rotatable bonds is 5. The van der Waals surface area contributed by atoms with E-state index in [2.05, 4.69) is 23.6 Å². The summed E-state index contributed by atoms with van der Waals surface area (Å²) in [5, 5.41) is 9.51. The van der Waals surface area contributed by atoms with Gasteiger partial charge in [-0.1, -0.05) is 0 Å². The molecule has 8 nitrogen and oxygen atoms in total. The molecule has 196 valence electrons. The Labute approximate surface area is 213 Å². The molecule has 0 spiro atoms. The molecule has 0 radical (unpaired) electrons. The molecule has 1 aliphatic heterocycles. The minimum Gasteiger partial charge on any atom is -0.481 e. The van der Waals surface area contributed by atoms with Crippen molar-refractivity contribution in [3.8, 4) is 0 Å². The highest BCUT2D eigenvalue weighted by Gasteiger charge is 2.34. The Morgan fingerprint density at radius 3 is 2.39 bits per heavy atom. The molecule has 1 amide bonds. The molecular formula is C28H39N3O5. The number of carbonyl (C=O) groups is 2. The number of hydrogen-bond acceptors (Lipinski definition) is 5. The normalized spacial score (nSPS) is 28.6. The molecule has 1 atom stereocenters. The number of hydrogen-bond donors (Lipinski definition) is 1. The Kier molecular flexibility index (Phi) is 7.24. The molecule has 2 heterocycles. The summed E-state index contributed by atoms with van der Waals surface area (Å²) >= 11 is 0. The van der Waals surface area contributed by atoms with Crippen molar-refractivity contribution in [2.24, 2.45) is 11.8 Å². The number of carbonyl (C=O) groups excluding carboxylic acids is 1. The highest BCUT2D eigenvalue weighted by atomic mass is 16.5. The third-order valence-corrected chi connectivity index (χ3v) is 8.91. The Morgan fingerprint density at radius 2 is 1.75 bits per heavy atom. The third-order valence-electron chi connectivity index (χ3n) is 8.91. The molecule has 36 heavy (non-hydrogen) atoms. The molecule has 2 fully saturated rings. The predicted octanol–water partition coefficient (Wildman–Crippen LogP) is 5.51. The quantitative estimate of drug-likeness (QED) is 0.586. The maximum atomic E-state index is 12.6. The maximum Gasteiger partial charge on any atom is 0.414 e. The number of carboxylic acid groups (broad SMARTS) is 1. The number of aromatic nitrogens is 2. The van der Waals surface area contributed by atoms with Gasteiger partial charge in [0, 0.05) is 31.2 Å². The lowest BCUT2D eigenvalue weighted by Crippen LogP contribution is -2.42. The molecule has 0 saturated heterocycles. The summed E-state index contributed by atoms with van der Waals surface area (Å²) in [5.74, 6) is 0.767. The molecule has 8 heteroatoms. The van der Waals surface area contributed by atoms with Crippen LogP contribution in [0.2, 0.25) is 0 Å². The third kappa shape index (κ3) is 4.60. The van der Waals surface area contributed by atoms with Gasteiger partial charge in [0.1, 0.15) is 5.82 Å². The van der Waals surface area contributed by atoms with Crippen molar-refractivity contribution in [2.75, 3.05) is 19.1 Å². The number of nitrogens with zero attached hydrogens (tertiary/aromatic N) is 3. The van der Waals surface area contributed by atoms with E-state index >= 15 is 0 Å². The van der Waals surface area contributed by atoms with Crippen molar-refractivity contribution in [3.05, 3.63) is 23.5 Å². The van der Waals surface area contributed by atoms with Crippen LogP contribution in [-0.2, 0) is 27.1 Å². The van der Waals surface area contributed by atoms with Crippen LogP contribution in [0.1, 0.15) is 82.1 Å². The predicted molar refractivity (Wildman–Crippen MR) is 137 cm³/mol. The minimum absolute atomic E-state index is 0.0752. The molecule has 1 aromatic carbocycles. The van der Waals surface area contributed by atoms with E-state index in [1.165, 1.54) is 7.11 Å². The summed E-state index contributed by atoms with van der Waals surface area (Å²) in [6.45, 7) is 2.06. The van der Waals surface area contributed by atoms with Crippen molar-refractivity contribution < 1.29 is 24.2 Å². The highest BCUT2D eigenvalue weighted by Crippen LogP contribution is 2.41. The van der Waals surface area contributed by atoms with E-state index in [9.17, 15) is 14.7 Å². The van der Waals surface area contributed by atoms with Gasteiger partial charge in [0.25, 0.3) is 0 Å². The zero-order valence-electron chi connectivity index (χ0n) is 21.7. The molecule has 1 N–H and O–H groups in total. The lowest BCUT2D eigenvalue weighted by Gasteiger charge is -2.34. The van der Waals surface area contributed by atoms with Gasteiger partial charge in [-0.3, -0.25) is 9.69 Å². The van der Waals surface area contributed by atoms with E-state index < -0.39 is 5.97 Å². The van der Waals surface area contributed by atoms with Crippen molar-refractivity contribution in [2.45, 2.75) is 95.7 Å². The number of carboxylic acids is 1. The first-order chi connectivity index (χ1) is 17.4. The standard InChI is InChI=1S/C28H39N3O5/c1-17-4-13-22-23(30(17)28(34)36-3)14-15-24-26(22)29-25(16-18-5-11-21(35-2)12-6-18)31(24)20-9-7-19(8-10-20)27(32)33/h14-15,17-21H,4-13,16H2,1-3H3,(H,32,33). The number of fused-ring (bicyclic) bond motifs is 3. The minimum atomic E-state index is -0.676. The molecule has 5 rings (SSSR count). The van der Waals surface area contributed by atoms with Gasteiger partial charge >= 0.3 is 12.1 Å². The number of aliphatic carboxylic acids is 1. The van der Waals surface area contributed by atoms with Crippen LogP contribution in [0.4, 0.5) is 10.5 Å². The number of anilines is 1. The number of methoxy groups -OCH3 is 2. The van der Waals surface area contributed by atoms with Crippen LogP contribution in [0, 0.1) is 11.8 Å². The molecule has 2 saturated carbocycles. The van der Waals surface area contributed by atoms with Gasteiger partial charge in [0.05, 0.1) is 35.9 Å². The van der Waals surface area contributed by atoms with Crippen LogP contribution >= 0.6 is 0 Å². The van der Waals surface area contributed by atoms with Gasteiger partial charge in [0.2, 0.25) is 0 Å². The monoisotopic (exact) mass is 497 g/mol. The highest BCUT2D eigenvalue weighted by molar-refractivity contribution is 5.95. The van der Waals surface area contributed by atoms with Crippen molar-refractivity contribution in [1.29, 1.82) is 0 Å². The van der Waals surface area contributed by atoms with E-state index in [0.29, 0.717) is 24.9 Å². The van der Waals surface area contributed by atoms with Crippen LogP contribution in [0.15, 0.2) is 12.1 Å². The van der Waals surface area contributed by atoms with Crippen molar-refractivity contribution in [1.82, 2.24) is 9.55 Å². The first-order valence-electron chi connectivity index (χ1n) is 13.6. The van der Waals surface area contributed by atoms with Gasteiger partial charge in [-0.15, -0.1) is 0 Å². The number of ether oxygens (including phenoxy) is 2. The zero-order valence-corrected chi connectivity index (χ0v) is 21.7. The average Bonchev–Trinajstić information content (AvgIpc) is 3.26. The maximum absolute atomic E-state index is 12.6. The average molecular weight is 498 g/mol. The van der Waals surface area contributed by atoms with Crippen molar-refractivity contribution in [3.63, 3.8) is 0 Å². The topological polar surface area (TPSA) is 93.9 Å². The summed E-state index contributed by atoms with van der Waals surface area (Å²) in [4.78, 5) is 31.2. The summed E-state index contributed by atoms with van der Waals surface area (Å²) in [7, 11) is 3.24. The summed E-state index contributed by atoms with van der Waals surface area (Å²) < 4.78 is 13.1. The largest absolute Gasteiger partial charge is 0.481 e. The van der Waals surface area contributed by atoms with Crippen LogP contribution in [0.25, 0.3) is 11.0 Å². The van der Waals surface area contributed by atoms with E-state index in [1.54, 1.807) is 12.0 Å². The second-order valence-corrected chi connectivity index (χ2v) is 11.0. The smallest absolute Gasteiger partial charge is 0.414 e. The van der Waals surface area contributed by atoms with Crippen LogP contribution < -0.4 is 4.90 Å². The SMILES string of the molecule is COC(=O)N1c2ccc3c(nc(CC4CCC(OC)CC4)n3C3CCC(C(=O)O)CC3)c2CCC1C. The fourth-order valence-corrected chi connectivity index (χ4v) is 6.79. The summed E-state index contributed by atoms with van der Waals surface area (Å²) in [5.41, 5.74) is 4.14. The summed E-state index contributed by atoms with van der Waals surface area (Å²) in [6.07, 6.45) is 10.3. The van der Waals surface area contributed by atoms with E-state index in [1.807, 2.05) is 0 Å². The van der Waals surface area contributed by atoms with Crippen molar-refractivity contribution >= 4 is 28.8 Å². The first kappa shape index (κ1) is 25.1. The fourth-order valence-electron chi connectivity index (χ4n) is 6.79. The molecular weight excluding hydrogens is 458 g/mol. The Hall–Kier alpha value is -2.61. The van der Waals surface area contributed by atoms with E-state index in [4.69, 9.17) is 14.5 Å². The van der Waals surface area contributed by atoms with Crippen LogP contribution in [0.3, 0.4) is 0 Å². The molecule has 1 unspecified atom stereocenters. The van der Waals surface area contributed by atoms with Gasteiger partial charge in [-0.25, -0.2) is 9.78 Å². The van der Waals surface area contributed by atoms with Gasteiger partial charge in [-0.2, -0.15) is 0 Å². The number of imidazole rings is 1. The summed E-state index contributed by atoms with van der Waals surface area (Å²) in [6, 6.07) is 4.50. The van der Waals surface area contributed by atoms with Gasteiger partial charge in [-0.05, 0) is 89.2 Å². The van der Waals surface area contributed by atoms with Crippen LogP contribution in [0.5, 0.6) is 0 Å². The lowest BCUT2D eigenvalue weighted by atomic mass is 9.84. The number of amides is 1. The van der Waals surface area contributed by atoms with Gasteiger partial charge < -0.3 is 19.1 Å².